The fourth-order valence-electron chi connectivity index (χ4n) is 2.21. The van der Waals surface area contributed by atoms with E-state index in [2.05, 4.69) is 34.7 Å². The highest BCUT2D eigenvalue weighted by Crippen LogP contribution is 2.35. The first-order valence-electron chi connectivity index (χ1n) is 6.03. The third-order valence-corrected chi connectivity index (χ3v) is 5.19. The van der Waals surface area contributed by atoms with Gasteiger partial charge in [-0.3, -0.25) is 5.41 Å². The molecule has 0 aliphatic carbocycles. The van der Waals surface area contributed by atoms with Crippen LogP contribution in [0.15, 0.2) is 16.6 Å². The molecule has 1 aliphatic heterocycles. The minimum atomic E-state index is -0.338. The molecule has 0 amide bonds. The second-order valence-electron chi connectivity index (χ2n) is 5.20. The van der Waals surface area contributed by atoms with E-state index in [0.717, 1.165) is 18.8 Å². The van der Waals surface area contributed by atoms with Crippen molar-refractivity contribution in [1.82, 2.24) is 0 Å². The lowest BCUT2D eigenvalue weighted by Crippen LogP contribution is -2.43. The maximum atomic E-state index is 14.4. The van der Waals surface area contributed by atoms with Crippen LogP contribution in [-0.4, -0.2) is 29.4 Å². The normalized spacial score (nSPS) is 18.4. The molecule has 1 aromatic carbocycles. The molecule has 1 heterocycles. The van der Waals surface area contributed by atoms with Crippen molar-refractivity contribution in [2.75, 3.05) is 23.7 Å². The number of halogens is 2. The van der Waals surface area contributed by atoms with Crippen LogP contribution in [0, 0.1) is 11.2 Å². The molecule has 2 rings (SSSR count). The third kappa shape index (κ3) is 3.05. The fraction of sp³-hybridized carbons (Fsp3) is 0.462. The number of nitrogens with zero attached hydrogens (tertiary/aromatic N) is 1. The van der Waals surface area contributed by atoms with E-state index in [4.69, 9.17) is 11.1 Å². The highest BCUT2D eigenvalue weighted by molar-refractivity contribution is 9.10. The zero-order valence-corrected chi connectivity index (χ0v) is 13.4. The Balaban J connectivity index is 2.36. The summed E-state index contributed by atoms with van der Waals surface area (Å²) >= 11 is 5.11. The highest BCUT2D eigenvalue weighted by Gasteiger charge is 2.29. The van der Waals surface area contributed by atoms with Gasteiger partial charge in [-0.15, -0.1) is 0 Å². The van der Waals surface area contributed by atoms with E-state index in [-0.39, 0.29) is 20.9 Å². The average molecular weight is 346 g/mol. The molecule has 0 spiro atoms. The van der Waals surface area contributed by atoms with Gasteiger partial charge in [0.25, 0.3) is 0 Å². The fourth-order valence-corrected chi connectivity index (χ4v) is 3.87. The molecule has 1 aromatic rings. The zero-order chi connectivity index (χ0) is 14.2. The Labute approximate surface area is 125 Å². The zero-order valence-electron chi connectivity index (χ0n) is 11.0. The Bertz CT molecular complexity index is 519. The molecule has 3 nitrogen and oxygen atoms in total. The molecule has 0 atom stereocenters. The van der Waals surface area contributed by atoms with Crippen LogP contribution in [0.25, 0.3) is 0 Å². The molecule has 3 N–H and O–H groups in total. The topological polar surface area (TPSA) is 53.1 Å². The van der Waals surface area contributed by atoms with Crippen molar-refractivity contribution in [3.8, 4) is 0 Å². The average Bonchev–Trinajstić information content (AvgIpc) is 2.30. The second kappa shape index (κ2) is 5.32. The molecule has 1 saturated heterocycles. The lowest BCUT2D eigenvalue weighted by molar-refractivity contribution is 0.593. The van der Waals surface area contributed by atoms with Gasteiger partial charge in [0, 0.05) is 29.2 Å². The van der Waals surface area contributed by atoms with E-state index in [1.54, 1.807) is 12.1 Å². The standard InChI is InChI=1S/C13H17BrFN3S/c1-13(2)7-18(5-6-19-13)9-4-3-8(12(16)17)10(14)11(9)15/h3-4H,5-7H2,1-2H3,(H3,16,17). The van der Waals surface area contributed by atoms with Crippen molar-refractivity contribution in [2.24, 2.45) is 5.73 Å². The summed E-state index contributed by atoms with van der Waals surface area (Å²) in [5.74, 6) is 0.515. The monoisotopic (exact) mass is 345 g/mol. The van der Waals surface area contributed by atoms with E-state index in [9.17, 15) is 4.39 Å². The van der Waals surface area contributed by atoms with Gasteiger partial charge in [0.1, 0.15) is 5.84 Å². The minimum absolute atomic E-state index is 0.121. The van der Waals surface area contributed by atoms with Gasteiger partial charge in [0.15, 0.2) is 5.82 Å². The Kier molecular flexibility index (Phi) is 4.11. The highest BCUT2D eigenvalue weighted by atomic mass is 79.9. The van der Waals surface area contributed by atoms with Gasteiger partial charge in [-0.1, -0.05) is 0 Å². The SMILES string of the molecule is CC1(C)CN(c2ccc(C(=N)N)c(Br)c2F)CCS1. The van der Waals surface area contributed by atoms with E-state index in [0.29, 0.717) is 11.3 Å². The molecule has 6 heteroatoms. The molecule has 0 radical (unpaired) electrons. The summed E-state index contributed by atoms with van der Waals surface area (Å²) < 4.78 is 14.8. The van der Waals surface area contributed by atoms with Crippen molar-refractivity contribution < 1.29 is 4.39 Å². The number of benzene rings is 1. The maximum Gasteiger partial charge on any atom is 0.161 e. The van der Waals surface area contributed by atoms with Crippen LogP contribution >= 0.6 is 27.7 Å². The molecule has 1 fully saturated rings. The van der Waals surface area contributed by atoms with Crippen molar-refractivity contribution in [2.45, 2.75) is 18.6 Å². The molecule has 0 bridgehead atoms. The quantitative estimate of drug-likeness (QED) is 0.639. The number of hydrogen-bond donors (Lipinski definition) is 2. The second-order valence-corrected chi connectivity index (χ2v) is 7.80. The Hall–Kier alpha value is -0.750. The lowest BCUT2D eigenvalue weighted by atomic mass is 10.1. The summed E-state index contributed by atoms with van der Waals surface area (Å²) in [4.78, 5) is 2.06. The lowest BCUT2D eigenvalue weighted by Gasteiger charge is -2.39. The molecule has 1 aliphatic rings. The summed E-state index contributed by atoms with van der Waals surface area (Å²) in [5.41, 5.74) is 6.39. The molecule has 19 heavy (non-hydrogen) atoms. The summed E-state index contributed by atoms with van der Waals surface area (Å²) in [6.45, 7) is 5.97. The molecular weight excluding hydrogens is 329 g/mol. The first kappa shape index (κ1) is 14.7. The van der Waals surface area contributed by atoms with Crippen LogP contribution in [0.5, 0.6) is 0 Å². The predicted molar refractivity (Wildman–Crippen MR) is 83.9 cm³/mol. The van der Waals surface area contributed by atoms with E-state index >= 15 is 0 Å². The van der Waals surface area contributed by atoms with Crippen molar-refractivity contribution in [3.63, 3.8) is 0 Å². The van der Waals surface area contributed by atoms with E-state index < -0.39 is 0 Å². The van der Waals surface area contributed by atoms with Crippen molar-refractivity contribution >= 4 is 39.2 Å². The van der Waals surface area contributed by atoms with Gasteiger partial charge in [0.05, 0.1) is 10.2 Å². The molecule has 0 unspecified atom stereocenters. The summed E-state index contributed by atoms with van der Waals surface area (Å²) in [6.07, 6.45) is 0. The smallest absolute Gasteiger partial charge is 0.161 e. The summed E-state index contributed by atoms with van der Waals surface area (Å²) in [7, 11) is 0. The Morgan fingerprint density at radius 2 is 2.21 bits per heavy atom. The van der Waals surface area contributed by atoms with Crippen LogP contribution in [0.2, 0.25) is 0 Å². The number of nitrogens with one attached hydrogen (secondary N) is 1. The number of rotatable bonds is 2. The molecular formula is C13H17BrFN3S. The van der Waals surface area contributed by atoms with Gasteiger partial charge >= 0.3 is 0 Å². The largest absolute Gasteiger partial charge is 0.384 e. The first-order chi connectivity index (χ1) is 8.82. The van der Waals surface area contributed by atoms with E-state index in [1.807, 2.05) is 11.8 Å². The van der Waals surface area contributed by atoms with Crippen molar-refractivity contribution in [1.29, 1.82) is 5.41 Å². The van der Waals surface area contributed by atoms with Crippen LogP contribution in [0.3, 0.4) is 0 Å². The van der Waals surface area contributed by atoms with Gasteiger partial charge in [-0.2, -0.15) is 11.8 Å². The first-order valence-corrected chi connectivity index (χ1v) is 7.81. The van der Waals surface area contributed by atoms with Gasteiger partial charge in [-0.25, -0.2) is 4.39 Å². The molecule has 104 valence electrons. The van der Waals surface area contributed by atoms with Crippen LogP contribution < -0.4 is 10.6 Å². The van der Waals surface area contributed by atoms with Gasteiger partial charge in [0.2, 0.25) is 0 Å². The molecule has 0 aromatic heterocycles. The Morgan fingerprint density at radius 1 is 1.53 bits per heavy atom. The third-order valence-electron chi connectivity index (χ3n) is 3.12. The number of nitrogen functional groups attached to an aromatic ring is 1. The molecule has 0 saturated carbocycles. The number of nitrogens with two attached hydrogens (primary N) is 1. The number of hydrogen-bond acceptors (Lipinski definition) is 3. The Morgan fingerprint density at radius 3 is 2.79 bits per heavy atom. The predicted octanol–water partition coefficient (Wildman–Crippen LogP) is 3.20. The maximum absolute atomic E-state index is 14.4. The van der Waals surface area contributed by atoms with Gasteiger partial charge in [-0.05, 0) is 41.9 Å². The summed E-state index contributed by atoms with van der Waals surface area (Å²) in [5, 5.41) is 7.42. The van der Waals surface area contributed by atoms with Gasteiger partial charge < -0.3 is 10.6 Å². The summed E-state index contributed by atoms with van der Waals surface area (Å²) in [6, 6.07) is 3.41. The van der Waals surface area contributed by atoms with Crippen molar-refractivity contribution in [3.05, 3.63) is 28.0 Å². The van der Waals surface area contributed by atoms with Crippen LogP contribution in [0.4, 0.5) is 10.1 Å². The number of anilines is 1. The van der Waals surface area contributed by atoms with Crippen LogP contribution in [0.1, 0.15) is 19.4 Å². The van der Waals surface area contributed by atoms with Crippen LogP contribution in [-0.2, 0) is 0 Å². The number of thioether (sulfide) groups is 1. The number of amidine groups is 1. The van der Waals surface area contributed by atoms with E-state index in [1.165, 1.54) is 0 Å². The minimum Gasteiger partial charge on any atom is -0.384 e.